The van der Waals surface area contributed by atoms with Gasteiger partial charge in [0.2, 0.25) is 0 Å². The highest BCUT2D eigenvalue weighted by molar-refractivity contribution is 7.79. The molecule has 3 nitrogen and oxygen atoms in total. The number of thiol groups is 1. The Labute approximate surface area is 422 Å². The van der Waals surface area contributed by atoms with Crippen LogP contribution in [-0.2, 0) is 0 Å². The predicted octanol–water partition coefficient (Wildman–Crippen LogP) is 19.6. The summed E-state index contributed by atoms with van der Waals surface area (Å²) in [5.74, 6) is 0. The number of furan rings is 1. The maximum absolute atomic E-state index is 6.27. The smallest absolute Gasteiger partial charge is 0.135 e. The number of hydrogen-bond acceptors (Lipinski definition) is 2. The lowest BCUT2D eigenvalue weighted by molar-refractivity contribution is 0.669. The Morgan fingerprint density at radius 1 is 0.380 bits per heavy atom. The van der Waals surface area contributed by atoms with Gasteiger partial charge in [0.1, 0.15) is 11.2 Å². The van der Waals surface area contributed by atoms with E-state index in [1.807, 2.05) is 19.1 Å². The zero-order valence-corrected chi connectivity index (χ0v) is 41.6. The van der Waals surface area contributed by atoms with Crippen molar-refractivity contribution in [1.29, 1.82) is 0 Å². The summed E-state index contributed by atoms with van der Waals surface area (Å²) in [6.07, 6.45) is 4.69. The number of nitrogens with zero attached hydrogens (tertiary/aromatic N) is 2. The fourth-order valence-corrected chi connectivity index (χ4v) is 9.98. The van der Waals surface area contributed by atoms with Crippen LogP contribution in [0.15, 0.2) is 248 Å². The molecule has 346 valence electrons. The van der Waals surface area contributed by atoms with E-state index in [0.29, 0.717) is 0 Å². The molecule has 0 aliphatic rings. The first-order valence-electron chi connectivity index (χ1n) is 24.4. The molecular weight excluding hydrogens is 881 g/mol. The number of allylic oxidation sites excluding steroid dienone is 1. The van der Waals surface area contributed by atoms with Crippen molar-refractivity contribution in [3.63, 3.8) is 0 Å². The van der Waals surface area contributed by atoms with Crippen molar-refractivity contribution in [2.45, 2.75) is 27.2 Å². The molecule has 0 bridgehead atoms. The third kappa shape index (κ3) is 8.73. The molecule has 3 heterocycles. The number of para-hydroxylation sites is 4. The summed E-state index contributed by atoms with van der Waals surface area (Å²) >= 11 is 3.53. The van der Waals surface area contributed by atoms with Crippen molar-refractivity contribution in [3.8, 4) is 55.9 Å². The maximum Gasteiger partial charge on any atom is 0.135 e. The molecule has 0 unspecified atom stereocenters. The Balaban J connectivity index is 0.000000687. The molecular formula is C67H56N2OS. The Morgan fingerprint density at radius 3 is 1.41 bits per heavy atom. The molecule has 0 N–H and O–H groups in total. The minimum absolute atomic E-state index is 0.892. The second kappa shape index (κ2) is 20.7. The van der Waals surface area contributed by atoms with Gasteiger partial charge in [-0.1, -0.05) is 184 Å². The van der Waals surface area contributed by atoms with Crippen LogP contribution in [0.4, 0.5) is 0 Å². The molecule has 0 saturated carbocycles. The second-order valence-corrected chi connectivity index (χ2v) is 17.6. The molecule has 0 aliphatic carbocycles. The predicted molar refractivity (Wildman–Crippen MR) is 311 cm³/mol. The van der Waals surface area contributed by atoms with Crippen LogP contribution in [0, 0.1) is 0 Å². The quantitative estimate of drug-likeness (QED) is 0.130. The Morgan fingerprint density at radius 2 is 0.803 bits per heavy atom. The van der Waals surface area contributed by atoms with Gasteiger partial charge in [0.15, 0.2) is 0 Å². The first-order valence-corrected chi connectivity index (χ1v) is 25.3. The SMILES string of the molecule is C=CC.CCC.CS.c1ccc(-c2cccc(-c3cccc(-c4cccc(-c5ccc6c(c5)c5ccccc5n6-c5cccc6c7ccccc7n(-c7ccc8oc9ccccc9c8c7)c56)c4)c3)c2)cc1. The number of rotatable bonds is 6. The summed E-state index contributed by atoms with van der Waals surface area (Å²) in [4.78, 5) is 0. The lowest BCUT2D eigenvalue weighted by Gasteiger charge is -2.14. The van der Waals surface area contributed by atoms with Crippen molar-refractivity contribution in [2.75, 3.05) is 6.26 Å². The van der Waals surface area contributed by atoms with Crippen LogP contribution in [0.2, 0.25) is 0 Å². The normalized spacial score (nSPS) is 11.0. The molecule has 0 radical (unpaired) electrons. The Hall–Kier alpha value is -8.31. The van der Waals surface area contributed by atoms with Crippen LogP contribution in [0.3, 0.4) is 0 Å². The van der Waals surface area contributed by atoms with Gasteiger partial charge in [-0.2, -0.15) is 12.6 Å². The summed E-state index contributed by atoms with van der Waals surface area (Å²) in [6.45, 7) is 9.50. The second-order valence-electron chi connectivity index (χ2n) is 17.6. The van der Waals surface area contributed by atoms with Gasteiger partial charge in [0.25, 0.3) is 0 Å². The number of hydrogen-bond donors (Lipinski definition) is 1. The molecule has 0 amide bonds. The molecule has 0 spiro atoms. The van der Waals surface area contributed by atoms with Crippen LogP contribution in [0.25, 0.3) is 121 Å². The lowest BCUT2D eigenvalue weighted by Crippen LogP contribution is -2.00. The standard InChI is InChI=1S/C60H38N2O.C3H8.C3H6.CH4S/c1-2-14-39(15-3-1)40-16-10-17-41(34-40)42-18-11-19-43(35-42)44-20-12-21-45(36-44)46-30-32-56-52(37-46)49-23-5-8-27-55(49)62(56)57-28-13-25-51-48-22-4-7-26-54(48)61(60(51)57)47-31-33-59-53(38-47)50-24-6-9-29-58(50)63-59;2*1-3-2;1-2/h1-38H;3H2,1-2H3;3H,1H2,2H3;2H,1H3. The molecule has 0 saturated heterocycles. The van der Waals surface area contributed by atoms with Crippen molar-refractivity contribution in [1.82, 2.24) is 9.13 Å². The van der Waals surface area contributed by atoms with Gasteiger partial charge in [0.05, 0.1) is 27.8 Å². The van der Waals surface area contributed by atoms with Crippen LogP contribution >= 0.6 is 12.6 Å². The van der Waals surface area contributed by atoms with Gasteiger partial charge in [-0.25, -0.2) is 0 Å². The molecule has 0 atom stereocenters. The number of fused-ring (bicyclic) bond motifs is 9. The summed E-state index contributed by atoms with van der Waals surface area (Å²) in [6, 6.07) is 83.5. The van der Waals surface area contributed by atoms with Gasteiger partial charge in [-0.05, 0) is 130 Å². The van der Waals surface area contributed by atoms with Crippen molar-refractivity contribution >= 4 is 78.2 Å². The van der Waals surface area contributed by atoms with Crippen molar-refractivity contribution in [3.05, 3.63) is 243 Å². The molecule has 13 rings (SSSR count). The minimum atomic E-state index is 0.892. The molecule has 0 fully saturated rings. The first kappa shape index (κ1) is 46.4. The fraction of sp³-hybridized carbons (Fsp3) is 0.0746. The zero-order valence-electron chi connectivity index (χ0n) is 40.7. The summed E-state index contributed by atoms with van der Waals surface area (Å²) in [5.41, 5.74) is 18.3. The molecule has 71 heavy (non-hydrogen) atoms. The van der Waals surface area contributed by atoms with E-state index < -0.39 is 0 Å². The van der Waals surface area contributed by atoms with Gasteiger partial charge < -0.3 is 13.6 Å². The first-order chi connectivity index (χ1) is 35.1. The van der Waals surface area contributed by atoms with E-state index in [1.165, 1.54) is 94.5 Å². The highest BCUT2D eigenvalue weighted by Crippen LogP contribution is 2.42. The highest BCUT2D eigenvalue weighted by atomic mass is 32.1. The monoisotopic (exact) mass is 936 g/mol. The molecule has 4 heteroatoms. The largest absolute Gasteiger partial charge is 0.456 e. The van der Waals surface area contributed by atoms with Gasteiger partial charge in [-0.15, -0.1) is 6.58 Å². The van der Waals surface area contributed by atoms with E-state index >= 15 is 0 Å². The molecule has 10 aromatic carbocycles. The van der Waals surface area contributed by atoms with E-state index in [9.17, 15) is 0 Å². The third-order valence-electron chi connectivity index (χ3n) is 12.9. The summed E-state index contributed by atoms with van der Waals surface area (Å²) < 4.78 is 11.2. The van der Waals surface area contributed by atoms with E-state index in [4.69, 9.17) is 4.42 Å². The van der Waals surface area contributed by atoms with Gasteiger partial charge >= 0.3 is 0 Å². The van der Waals surface area contributed by atoms with Crippen molar-refractivity contribution in [2.24, 2.45) is 0 Å². The molecule has 3 aromatic heterocycles. The van der Waals surface area contributed by atoms with Crippen LogP contribution in [-0.4, -0.2) is 15.4 Å². The molecule has 0 aliphatic heterocycles. The fourth-order valence-electron chi connectivity index (χ4n) is 9.98. The number of aromatic nitrogens is 2. The zero-order chi connectivity index (χ0) is 48.8. The highest BCUT2D eigenvalue weighted by Gasteiger charge is 2.21. The topological polar surface area (TPSA) is 23.0 Å². The summed E-state index contributed by atoms with van der Waals surface area (Å²) in [5, 5.41) is 7.12. The summed E-state index contributed by atoms with van der Waals surface area (Å²) in [7, 11) is 0. The van der Waals surface area contributed by atoms with Crippen LogP contribution in [0.5, 0.6) is 0 Å². The van der Waals surface area contributed by atoms with E-state index in [0.717, 1.165) is 33.3 Å². The van der Waals surface area contributed by atoms with Gasteiger partial charge in [0, 0.05) is 38.0 Å². The lowest BCUT2D eigenvalue weighted by atomic mass is 9.94. The van der Waals surface area contributed by atoms with Crippen LogP contribution in [0.1, 0.15) is 27.2 Å². The third-order valence-corrected chi connectivity index (χ3v) is 12.9. The van der Waals surface area contributed by atoms with Gasteiger partial charge in [-0.3, -0.25) is 0 Å². The number of benzene rings is 10. The minimum Gasteiger partial charge on any atom is -0.456 e. The van der Waals surface area contributed by atoms with Crippen molar-refractivity contribution < 1.29 is 4.42 Å². The maximum atomic E-state index is 6.27. The average molecular weight is 937 g/mol. The molecule has 13 aromatic rings. The van der Waals surface area contributed by atoms with Crippen LogP contribution < -0.4 is 0 Å². The Kier molecular flexibility index (Phi) is 13.6. The van der Waals surface area contributed by atoms with E-state index in [-0.39, 0.29) is 0 Å². The van der Waals surface area contributed by atoms with E-state index in [2.05, 4.69) is 261 Å². The van der Waals surface area contributed by atoms with E-state index in [1.54, 1.807) is 12.3 Å². The average Bonchev–Trinajstić information content (AvgIpc) is 4.10. The Bertz CT molecular complexity index is 4000.